The Labute approximate surface area is 207 Å². The number of carbonyl (C=O) groups excluding carboxylic acids is 2. The quantitative estimate of drug-likeness (QED) is 0.302. The second-order valence-electron chi connectivity index (χ2n) is 7.30. The molecule has 1 unspecified atom stereocenters. The molecule has 0 aliphatic carbocycles. The number of hydrogen-bond donors (Lipinski definition) is 1. The summed E-state index contributed by atoms with van der Waals surface area (Å²) in [7, 11) is 4.42. The summed E-state index contributed by atoms with van der Waals surface area (Å²) in [5.41, 5.74) is 0.613. The van der Waals surface area contributed by atoms with E-state index in [1.807, 2.05) is 6.92 Å². The highest BCUT2D eigenvalue weighted by atomic mass is 35.5. The van der Waals surface area contributed by atoms with E-state index >= 15 is 0 Å². The highest BCUT2D eigenvalue weighted by Gasteiger charge is 2.46. The summed E-state index contributed by atoms with van der Waals surface area (Å²) < 4.78 is 21.3. The van der Waals surface area contributed by atoms with E-state index in [4.69, 9.17) is 42.1 Å². The molecule has 0 aromatic heterocycles. The molecule has 34 heavy (non-hydrogen) atoms. The molecule has 1 heterocycles. The maximum Gasteiger partial charge on any atom is 0.295 e. The average Bonchev–Trinajstić information content (AvgIpc) is 3.07. The third-order valence-electron chi connectivity index (χ3n) is 5.36. The summed E-state index contributed by atoms with van der Waals surface area (Å²) in [6.07, 6.45) is 0. The van der Waals surface area contributed by atoms with E-state index in [2.05, 4.69) is 0 Å². The normalized spacial score (nSPS) is 17.2. The summed E-state index contributed by atoms with van der Waals surface area (Å²) in [6, 6.07) is 7.00. The van der Waals surface area contributed by atoms with Gasteiger partial charge in [0.05, 0.1) is 49.1 Å². The van der Waals surface area contributed by atoms with Gasteiger partial charge >= 0.3 is 0 Å². The van der Waals surface area contributed by atoms with Crippen LogP contribution in [0.1, 0.15) is 24.1 Å². The number of nitrogens with zero attached hydrogens (tertiary/aromatic N) is 1. The van der Waals surface area contributed by atoms with Crippen LogP contribution in [-0.2, 0) is 14.3 Å². The predicted octanol–water partition coefficient (Wildman–Crippen LogP) is 4.48. The molecule has 1 aliphatic heterocycles. The Morgan fingerprint density at radius 2 is 1.71 bits per heavy atom. The number of ether oxygens (including phenoxy) is 4. The van der Waals surface area contributed by atoms with Crippen LogP contribution in [0.4, 0.5) is 0 Å². The van der Waals surface area contributed by atoms with Crippen LogP contribution in [-0.4, -0.2) is 62.8 Å². The Morgan fingerprint density at radius 1 is 1.03 bits per heavy atom. The third-order valence-corrected chi connectivity index (χ3v) is 5.92. The first-order chi connectivity index (χ1) is 16.3. The molecule has 0 saturated carbocycles. The van der Waals surface area contributed by atoms with Crippen LogP contribution in [0, 0.1) is 0 Å². The molecule has 0 spiro atoms. The minimum Gasteiger partial charge on any atom is -0.507 e. The maximum absolute atomic E-state index is 13.1. The number of carbonyl (C=O) groups is 2. The minimum absolute atomic E-state index is 0.106. The van der Waals surface area contributed by atoms with Crippen molar-refractivity contribution in [1.29, 1.82) is 0 Å². The lowest BCUT2D eigenvalue weighted by molar-refractivity contribution is -0.140. The summed E-state index contributed by atoms with van der Waals surface area (Å²) in [6.45, 7) is 2.53. The fourth-order valence-corrected chi connectivity index (χ4v) is 4.47. The molecule has 10 heteroatoms. The van der Waals surface area contributed by atoms with Crippen molar-refractivity contribution >= 4 is 40.7 Å². The van der Waals surface area contributed by atoms with Crippen molar-refractivity contribution in [1.82, 2.24) is 4.90 Å². The fourth-order valence-electron chi connectivity index (χ4n) is 3.83. The molecule has 2 aromatic carbocycles. The average molecular weight is 510 g/mol. The summed E-state index contributed by atoms with van der Waals surface area (Å²) >= 11 is 12.5. The van der Waals surface area contributed by atoms with Gasteiger partial charge in [0, 0.05) is 19.2 Å². The van der Waals surface area contributed by atoms with Crippen molar-refractivity contribution in [3.8, 4) is 17.2 Å². The number of rotatable bonds is 9. The van der Waals surface area contributed by atoms with E-state index in [-0.39, 0.29) is 40.1 Å². The highest BCUT2D eigenvalue weighted by Crippen LogP contribution is 2.43. The van der Waals surface area contributed by atoms with Crippen molar-refractivity contribution in [2.45, 2.75) is 13.0 Å². The lowest BCUT2D eigenvalue weighted by Gasteiger charge is -2.25. The van der Waals surface area contributed by atoms with Gasteiger partial charge in [-0.3, -0.25) is 9.59 Å². The zero-order valence-electron chi connectivity index (χ0n) is 19.2. The second-order valence-corrected chi connectivity index (χ2v) is 8.12. The monoisotopic (exact) mass is 509 g/mol. The Morgan fingerprint density at radius 3 is 2.26 bits per heavy atom. The molecule has 1 N–H and O–H groups in total. The van der Waals surface area contributed by atoms with Crippen LogP contribution in [0.2, 0.25) is 10.0 Å². The zero-order chi connectivity index (χ0) is 25.0. The van der Waals surface area contributed by atoms with Crippen molar-refractivity contribution in [2.24, 2.45) is 0 Å². The maximum atomic E-state index is 13.1. The van der Waals surface area contributed by atoms with Crippen LogP contribution in [0.15, 0.2) is 35.9 Å². The molecule has 2 aromatic rings. The van der Waals surface area contributed by atoms with E-state index < -0.39 is 23.5 Å². The van der Waals surface area contributed by atoms with Crippen molar-refractivity contribution in [3.05, 3.63) is 57.1 Å². The molecule has 1 amide bonds. The number of aliphatic hydroxyl groups excluding tert-OH is 1. The first kappa shape index (κ1) is 25.7. The fraction of sp³-hybridized carbons (Fsp3) is 0.333. The van der Waals surface area contributed by atoms with Gasteiger partial charge in [0.25, 0.3) is 11.7 Å². The molecule has 0 bridgehead atoms. The first-order valence-corrected chi connectivity index (χ1v) is 11.2. The van der Waals surface area contributed by atoms with Gasteiger partial charge in [-0.05, 0) is 36.8 Å². The van der Waals surface area contributed by atoms with Gasteiger partial charge in [-0.2, -0.15) is 0 Å². The predicted molar refractivity (Wildman–Crippen MR) is 128 cm³/mol. The largest absolute Gasteiger partial charge is 0.507 e. The number of methoxy groups -OCH3 is 3. The summed E-state index contributed by atoms with van der Waals surface area (Å²) in [5, 5.41) is 11.5. The molecule has 3 rings (SSSR count). The molecule has 8 nitrogen and oxygen atoms in total. The molecule has 182 valence electrons. The van der Waals surface area contributed by atoms with Gasteiger partial charge in [0.2, 0.25) is 0 Å². The van der Waals surface area contributed by atoms with Gasteiger partial charge in [-0.25, -0.2) is 0 Å². The second kappa shape index (κ2) is 11.0. The van der Waals surface area contributed by atoms with E-state index in [1.54, 1.807) is 18.2 Å². The number of aliphatic hydroxyl groups is 1. The minimum atomic E-state index is -0.903. The Hall–Kier alpha value is -2.94. The van der Waals surface area contributed by atoms with Crippen LogP contribution < -0.4 is 14.2 Å². The number of amides is 1. The van der Waals surface area contributed by atoms with Gasteiger partial charge in [-0.15, -0.1) is 0 Å². The molecule has 0 radical (unpaired) electrons. The molecule has 1 atom stereocenters. The number of likely N-dealkylation sites (tertiary alicyclic amines) is 1. The van der Waals surface area contributed by atoms with Gasteiger partial charge < -0.3 is 29.0 Å². The summed E-state index contributed by atoms with van der Waals surface area (Å²) in [5.74, 6) is -0.848. The zero-order valence-corrected chi connectivity index (χ0v) is 20.7. The number of hydrogen-bond acceptors (Lipinski definition) is 7. The van der Waals surface area contributed by atoms with Crippen molar-refractivity contribution in [2.75, 3.05) is 41.1 Å². The van der Waals surface area contributed by atoms with Crippen LogP contribution in [0.3, 0.4) is 0 Å². The van der Waals surface area contributed by atoms with Crippen LogP contribution in [0.25, 0.3) is 5.76 Å². The van der Waals surface area contributed by atoms with Crippen molar-refractivity contribution < 1.29 is 33.6 Å². The topological polar surface area (TPSA) is 94.5 Å². The Balaban J connectivity index is 2.23. The number of ketones is 1. The third kappa shape index (κ3) is 4.80. The number of halogens is 2. The van der Waals surface area contributed by atoms with E-state index in [1.165, 1.54) is 38.4 Å². The Bertz CT molecular complexity index is 1110. The number of Topliss-reactive ketones (excluding diaryl/α,β-unsaturated/α-hetero) is 1. The molecule has 1 aliphatic rings. The standard InChI is InChI=1S/C24H25Cl2NO7/c1-5-34-18-12-13(6-7-17(18)32-3)20-19(22(29)24(30)27(20)8-9-31-2)21(28)14-10-15(25)23(33-4)16(26)11-14/h6-7,10-12,20,28H,5,8-9H2,1-4H3/b21-19+. The van der Waals surface area contributed by atoms with E-state index in [0.29, 0.717) is 23.7 Å². The van der Waals surface area contributed by atoms with Gasteiger partial charge in [0.15, 0.2) is 17.2 Å². The smallest absolute Gasteiger partial charge is 0.295 e. The van der Waals surface area contributed by atoms with Crippen LogP contribution >= 0.6 is 23.2 Å². The SMILES string of the molecule is CCOc1cc(C2/C(=C(\O)c3cc(Cl)c(OC)c(Cl)c3)C(=O)C(=O)N2CCOC)ccc1OC. The number of benzene rings is 2. The van der Waals surface area contributed by atoms with E-state index in [9.17, 15) is 14.7 Å². The van der Waals surface area contributed by atoms with Crippen molar-refractivity contribution in [3.63, 3.8) is 0 Å². The van der Waals surface area contributed by atoms with E-state index in [0.717, 1.165) is 0 Å². The summed E-state index contributed by atoms with van der Waals surface area (Å²) in [4.78, 5) is 27.4. The van der Waals surface area contributed by atoms with Gasteiger partial charge in [-0.1, -0.05) is 29.3 Å². The molecule has 1 saturated heterocycles. The highest BCUT2D eigenvalue weighted by molar-refractivity contribution is 6.46. The molecular formula is C24H25Cl2NO7. The van der Waals surface area contributed by atoms with Gasteiger partial charge in [0.1, 0.15) is 5.76 Å². The molecular weight excluding hydrogens is 485 g/mol. The lowest BCUT2D eigenvalue weighted by atomic mass is 9.95. The molecule has 1 fully saturated rings. The first-order valence-electron chi connectivity index (χ1n) is 10.4. The Kier molecular flexibility index (Phi) is 8.30. The lowest BCUT2D eigenvalue weighted by Crippen LogP contribution is -2.32. The van der Waals surface area contributed by atoms with Crippen LogP contribution in [0.5, 0.6) is 17.2 Å².